The average molecular weight is 285 g/mol. The molecule has 0 amide bonds. The lowest BCUT2D eigenvalue weighted by Crippen LogP contribution is -2.13. The Balaban J connectivity index is 2.08. The van der Waals surface area contributed by atoms with Gasteiger partial charge in [-0.05, 0) is 54.7 Å². The quantitative estimate of drug-likeness (QED) is 0.879. The molecule has 1 N–H and O–H groups in total. The Hall–Kier alpha value is -1.82. The van der Waals surface area contributed by atoms with Crippen LogP contribution in [-0.2, 0) is 11.2 Å². The van der Waals surface area contributed by atoms with Crippen LogP contribution in [0.4, 0.5) is 0 Å². The molecule has 0 heterocycles. The fourth-order valence-electron chi connectivity index (χ4n) is 3.46. The minimum Gasteiger partial charge on any atom is -0.481 e. The van der Waals surface area contributed by atoms with E-state index >= 15 is 0 Å². The lowest BCUT2D eigenvalue weighted by molar-refractivity contribution is -0.136. The smallest absolute Gasteiger partial charge is 0.307 e. The molecule has 0 atom stereocenters. The summed E-state index contributed by atoms with van der Waals surface area (Å²) in [5.74, 6) is 0.511. The molecule has 21 heavy (non-hydrogen) atoms. The summed E-state index contributed by atoms with van der Waals surface area (Å²) < 4.78 is 0. The van der Waals surface area contributed by atoms with E-state index < -0.39 is 5.97 Å². The van der Waals surface area contributed by atoms with E-state index in [0.29, 0.717) is 17.0 Å². The molecule has 0 saturated heterocycles. The number of hydrogen-bond acceptors (Lipinski definition) is 2. The van der Waals surface area contributed by atoms with E-state index in [-0.39, 0.29) is 6.42 Å². The number of nitrogens with zero attached hydrogens (tertiary/aromatic N) is 1. The maximum Gasteiger partial charge on any atom is 0.307 e. The zero-order valence-corrected chi connectivity index (χ0v) is 12.6. The van der Waals surface area contributed by atoms with Crippen LogP contribution in [0.3, 0.4) is 0 Å². The number of hydrogen-bond donors (Lipinski definition) is 1. The molecular formula is C18H23NO2. The Morgan fingerprint density at radius 1 is 1.33 bits per heavy atom. The fourth-order valence-corrected chi connectivity index (χ4v) is 3.46. The first kappa shape index (κ1) is 15.6. The van der Waals surface area contributed by atoms with Crippen molar-refractivity contribution in [1.29, 1.82) is 5.26 Å². The number of carbonyl (C=O) groups is 1. The Kier molecular flexibility index (Phi) is 5.38. The van der Waals surface area contributed by atoms with Crippen LogP contribution in [-0.4, -0.2) is 11.1 Å². The van der Waals surface area contributed by atoms with Gasteiger partial charge in [0.15, 0.2) is 0 Å². The third kappa shape index (κ3) is 4.07. The van der Waals surface area contributed by atoms with Crippen LogP contribution in [0, 0.1) is 17.2 Å². The van der Waals surface area contributed by atoms with Gasteiger partial charge < -0.3 is 5.11 Å². The molecule has 2 rings (SSSR count). The molecule has 1 aromatic rings. The number of nitriles is 1. The molecule has 0 unspecified atom stereocenters. The third-order valence-electron chi connectivity index (χ3n) is 4.61. The summed E-state index contributed by atoms with van der Waals surface area (Å²) in [6, 6.07) is 7.89. The molecular weight excluding hydrogens is 262 g/mol. The normalized spacial score (nSPS) is 21.7. The van der Waals surface area contributed by atoms with E-state index in [4.69, 9.17) is 5.11 Å². The largest absolute Gasteiger partial charge is 0.481 e. The van der Waals surface area contributed by atoms with E-state index in [1.807, 2.05) is 18.2 Å². The van der Waals surface area contributed by atoms with Gasteiger partial charge in [0.2, 0.25) is 0 Å². The second-order valence-corrected chi connectivity index (χ2v) is 6.11. The van der Waals surface area contributed by atoms with Crippen molar-refractivity contribution in [3.63, 3.8) is 0 Å². The first-order valence-electron chi connectivity index (χ1n) is 7.88. The SMILES string of the molecule is CCCC1CCC(c2ccc(CC(=O)O)c(C#N)c2)CC1. The standard InChI is InChI=1S/C18H23NO2/c1-2-3-13-4-6-14(7-5-13)15-8-9-16(11-18(20)21)17(10-15)12-19/h8-10,13-14H,2-7,11H2,1H3,(H,20,21). The summed E-state index contributed by atoms with van der Waals surface area (Å²) in [7, 11) is 0. The van der Waals surface area contributed by atoms with Gasteiger partial charge in [-0.25, -0.2) is 0 Å². The molecule has 0 aliphatic heterocycles. The van der Waals surface area contributed by atoms with Crippen LogP contribution >= 0.6 is 0 Å². The van der Waals surface area contributed by atoms with Crippen molar-refractivity contribution in [1.82, 2.24) is 0 Å². The van der Waals surface area contributed by atoms with E-state index in [2.05, 4.69) is 13.0 Å². The first-order chi connectivity index (χ1) is 10.1. The second-order valence-electron chi connectivity index (χ2n) is 6.11. The number of rotatable bonds is 5. The molecule has 0 radical (unpaired) electrons. The summed E-state index contributed by atoms with van der Waals surface area (Å²) in [5.41, 5.74) is 2.34. The van der Waals surface area contributed by atoms with Gasteiger partial charge in [-0.2, -0.15) is 5.26 Å². The summed E-state index contributed by atoms with van der Waals surface area (Å²) in [6.07, 6.45) is 7.44. The molecule has 1 aliphatic rings. The van der Waals surface area contributed by atoms with Crippen LogP contribution in [0.15, 0.2) is 18.2 Å². The number of carboxylic acid groups (broad SMARTS) is 1. The van der Waals surface area contributed by atoms with Gasteiger partial charge in [0.05, 0.1) is 18.1 Å². The van der Waals surface area contributed by atoms with Crippen molar-refractivity contribution in [2.45, 2.75) is 57.8 Å². The lowest BCUT2D eigenvalue weighted by atomic mass is 9.77. The highest BCUT2D eigenvalue weighted by molar-refractivity contribution is 5.71. The molecule has 3 heteroatoms. The summed E-state index contributed by atoms with van der Waals surface area (Å²) in [4.78, 5) is 10.8. The molecule has 112 valence electrons. The molecule has 1 saturated carbocycles. The van der Waals surface area contributed by atoms with Crippen LogP contribution in [0.5, 0.6) is 0 Å². The molecule has 1 aromatic carbocycles. The van der Waals surface area contributed by atoms with Crippen molar-refractivity contribution >= 4 is 5.97 Å². The van der Waals surface area contributed by atoms with Gasteiger partial charge >= 0.3 is 5.97 Å². The average Bonchev–Trinajstić information content (AvgIpc) is 2.48. The van der Waals surface area contributed by atoms with E-state index in [1.54, 1.807) is 0 Å². The van der Waals surface area contributed by atoms with Crippen molar-refractivity contribution in [3.05, 3.63) is 34.9 Å². The predicted molar refractivity (Wildman–Crippen MR) is 82.1 cm³/mol. The lowest BCUT2D eigenvalue weighted by Gasteiger charge is -2.28. The van der Waals surface area contributed by atoms with Crippen LogP contribution in [0.1, 0.15) is 68.1 Å². The Morgan fingerprint density at radius 2 is 2.05 bits per heavy atom. The van der Waals surface area contributed by atoms with Crippen LogP contribution < -0.4 is 0 Å². The highest BCUT2D eigenvalue weighted by Crippen LogP contribution is 2.37. The summed E-state index contributed by atoms with van der Waals surface area (Å²) >= 11 is 0. The fraction of sp³-hybridized carbons (Fsp3) is 0.556. The monoisotopic (exact) mass is 285 g/mol. The molecule has 0 spiro atoms. The Bertz CT molecular complexity index is 537. The van der Waals surface area contributed by atoms with Crippen molar-refractivity contribution in [2.75, 3.05) is 0 Å². The van der Waals surface area contributed by atoms with Crippen LogP contribution in [0.2, 0.25) is 0 Å². The van der Waals surface area contributed by atoms with Gasteiger partial charge in [-0.1, -0.05) is 31.9 Å². The maximum atomic E-state index is 10.8. The predicted octanol–water partition coefficient (Wildman–Crippen LogP) is 4.26. The second kappa shape index (κ2) is 7.26. The van der Waals surface area contributed by atoms with Gasteiger partial charge in [0.1, 0.15) is 0 Å². The maximum absolute atomic E-state index is 10.8. The number of aliphatic carboxylic acids is 1. The Labute approximate surface area is 126 Å². The molecule has 0 bridgehead atoms. The topological polar surface area (TPSA) is 61.1 Å². The highest BCUT2D eigenvalue weighted by atomic mass is 16.4. The van der Waals surface area contributed by atoms with Crippen LogP contribution in [0.25, 0.3) is 0 Å². The highest BCUT2D eigenvalue weighted by Gasteiger charge is 2.22. The van der Waals surface area contributed by atoms with Gasteiger partial charge in [0.25, 0.3) is 0 Å². The van der Waals surface area contributed by atoms with Gasteiger partial charge in [-0.15, -0.1) is 0 Å². The molecule has 1 fully saturated rings. The minimum atomic E-state index is -0.890. The van der Waals surface area contributed by atoms with Crippen molar-refractivity contribution in [3.8, 4) is 6.07 Å². The first-order valence-corrected chi connectivity index (χ1v) is 7.88. The van der Waals surface area contributed by atoms with Crippen molar-refractivity contribution < 1.29 is 9.90 Å². The molecule has 0 aromatic heterocycles. The van der Waals surface area contributed by atoms with E-state index in [1.165, 1.54) is 44.1 Å². The zero-order chi connectivity index (χ0) is 15.2. The summed E-state index contributed by atoms with van der Waals surface area (Å²) in [5, 5.41) is 18.1. The molecule has 1 aliphatic carbocycles. The van der Waals surface area contributed by atoms with E-state index in [0.717, 1.165) is 5.92 Å². The molecule has 3 nitrogen and oxygen atoms in total. The zero-order valence-electron chi connectivity index (χ0n) is 12.6. The number of benzene rings is 1. The van der Waals surface area contributed by atoms with E-state index in [9.17, 15) is 10.1 Å². The Morgan fingerprint density at radius 3 is 2.62 bits per heavy atom. The minimum absolute atomic E-state index is 0.0770. The summed E-state index contributed by atoms with van der Waals surface area (Å²) in [6.45, 7) is 2.24. The third-order valence-corrected chi connectivity index (χ3v) is 4.61. The van der Waals surface area contributed by atoms with Gasteiger partial charge in [-0.3, -0.25) is 4.79 Å². The number of carboxylic acids is 1. The van der Waals surface area contributed by atoms with Crippen molar-refractivity contribution in [2.24, 2.45) is 5.92 Å². The van der Waals surface area contributed by atoms with Gasteiger partial charge in [0, 0.05) is 0 Å².